The maximum absolute atomic E-state index is 12.0. The van der Waals surface area contributed by atoms with Crippen LogP contribution in [0, 0.1) is 0 Å². The summed E-state index contributed by atoms with van der Waals surface area (Å²) in [5.41, 5.74) is 1.01. The van der Waals surface area contributed by atoms with Crippen molar-refractivity contribution in [3.8, 4) is 0 Å². The molecule has 1 saturated heterocycles. The fourth-order valence-corrected chi connectivity index (χ4v) is 1.88. The molecule has 1 aliphatic heterocycles. The van der Waals surface area contributed by atoms with Crippen molar-refractivity contribution >= 4 is 5.91 Å². The van der Waals surface area contributed by atoms with Crippen molar-refractivity contribution in [1.29, 1.82) is 0 Å². The largest absolute Gasteiger partial charge is 0.396 e. The van der Waals surface area contributed by atoms with Crippen molar-refractivity contribution in [2.24, 2.45) is 0 Å². The minimum Gasteiger partial charge on any atom is -0.396 e. The number of aromatic nitrogens is 1. The van der Waals surface area contributed by atoms with E-state index in [2.05, 4.69) is 4.98 Å². The van der Waals surface area contributed by atoms with Crippen LogP contribution in [0.5, 0.6) is 0 Å². The fourth-order valence-electron chi connectivity index (χ4n) is 1.88. The predicted molar refractivity (Wildman–Crippen MR) is 61.1 cm³/mol. The second-order valence-corrected chi connectivity index (χ2v) is 3.99. The highest BCUT2D eigenvalue weighted by atomic mass is 16.5. The van der Waals surface area contributed by atoms with Gasteiger partial charge in [-0.2, -0.15) is 0 Å². The Kier molecular flexibility index (Phi) is 4.06. The molecular weight excluding hydrogens is 220 g/mol. The summed E-state index contributed by atoms with van der Waals surface area (Å²) >= 11 is 0. The van der Waals surface area contributed by atoms with Crippen LogP contribution in [0.15, 0.2) is 24.5 Å². The van der Waals surface area contributed by atoms with E-state index in [4.69, 9.17) is 9.84 Å². The number of amides is 1. The molecular formula is C12H16N2O3. The first-order valence-corrected chi connectivity index (χ1v) is 5.71. The van der Waals surface area contributed by atoms with E-state index in [0.29, 0.717) is 26.1 Å². The molecule has 0 aromatic carbocycles. The van der Waals surface area contributed by atoms with Gasteiger partial charge in [0.25, 0.3) is 5.91 Å². The SMILES string of the molecule is O=C1C(CCO)OCCN1Cc1cccnc1. The summed E-state index contributed by atoms with van der Waals surface area (Å²) in [5, 5.41) is 8.85. The van der Waals surface area contributed by atoms with E-state index in [0.717, 1.165) is 5.56 Å². The van der Waals surface area contributed by atoms with Crippen LogP contribution in [-0.2, 0) is 16.1 Å². The molecule has 1 amide bonds. The van der Waals surface area contributed by atoms with Crippen LogP contribution in [-0.4, -0.2) is 46.8 Å². The lowest BCUT2D eigenvalue weighted by atomic mass is 10.1. The number of carbonyl (C=O) groups is 1. The molecule has 0 radical (unpaired) electrons. The molecule has 0 aliphatic carbocycles. The number of morpholine rings is 1. The van der Waals surface area contributed by atoms with E-state index < -0.39 is 6.10 Å². The molecule has 2 rings (SSSR count). The van der Waals surface area contributed by atoms with Crippen LogP contribution < -0.4 is 0 Å². The van der Waals surface area contributed by atoms with Gasteiger partial charge in [0.15, 0.2) is 0 Å². The van der Waals surface area contributed by atoms with Crippen LogP contribution in [0.1, 0.15) is 12.0 Å². The molecule has 1 aromatic rings. The molecule has 1 N–H and O–H groups in total. The number of nitrogens with zero attached hydrogens (tertiary/aromatic N) is 2. The zero-order valence-electron chi connectivity index (χ0n) is 9.58. The summed E-state index contributed by atoms with van der Waals surface area (Å²) in [6, 6.07) is 3.79. The third kappa shape index (κ3) is 3.01. The van der Waals surface area contributed by atoms with Crippen molar-refractivity contribution < 1.29 is 14.6 Å². The lowest BCUT2D eigenvalue weighted by Crippen LogP contribution is -2.47. The highest BCUT2D eigenvalue weighted by molar-refractivity contribution is 5.81. The van der Waals surface area contributed by atoms with Gasteiger partial charge in [-0.1, -0.05) is 6.07 Å². The number of pyridine rings is 1. The summed E-state index contributed by atoms with van der Waals surface area (Å²) in [6.07, 6.45) is 3.33. The van der Waals surface area contributed by atoms with E-state index in [1.165, 1.54) is 0 Å². The molecule has 0 bridgehead atoms. The van der Waals surface area contributed by atoms with Gasteiger partial charge in [-0.25, -0.2) is 0 Å². The smallest absolute Gasteiger partial charge is 0.252 e. The fraction of sp³-hybridized carbons (Fsp3) is 0.500. The maximum atomic E-state index is 12.0. The van der Waals surface area contributed by atoms with Crippen molar-refractivity contribution in [1.82, 2.24) is 9.88 Å². The first-order chi connectivity index (χ1) is 8.31. The number of hydrogen-bond acceptors (Lipinski definition) is 4. The topological polar surface area (TPSA) is 62.7 Å². The molecule has 1 unspecified atom stereocenters. The Morgan fingerprint density at radius 2 is 2.47 bits per heavy atom. The monoisotopic (exact) mass is 236 g/mol. The second kappa shape index (κ2) is 5.75. The maximum Gasteiger partial charge on any atom is 0.252 e. The molecule has 92 valence electrons. The highest BCUT2D eigenvalue weighted by Gasteiger charge is 2.28. The molecule has 17 heavy (non-hydrogen) atoms. The van der Waals surface area contributed by atoms with Crippen LogP contribution >= 0.6 is 0 Å². The van der Waals surface area contributed by atoms with Crippen LogP contribution in [0.3, 0.4) is 0 Å². The predicted octanol–water partition coefficient (Wildman–Crippen LogP) is 0.191. The standard InChI is InChI=1S/C12H16N2O3/c15-6-3-11-12(16)14(5-7-17-11)9-10-2-1-4-13-8-10/h1-2,4,8,11,15H,3,5-7,9H2. The summed E-state index contributed by atoms with van der Waals surface area (Å²) in [4.78, 5) is 17.8. The van der Waals surface area contributed by atoms with Crippen molar-refractivity contribution in [2.75, 3.05) is 19.8 Å². The third-order valence-corrected chi connectivity index (χ3v) is 2.75. The van der Waals surface area contributed by atoms with Crippen molar-refractivity contribution in [3.63, 3.8) is 0 Å². The number of rotatable bonds is 4. The highest BCUT2D eigenvalue weighted by Crippen LogP contribution is 2.13. The number of aliphatic hydroxyl groups excluding tert-OH is 1. The number of hydrogen-bond donors (Lipinski definition) is 1. The lowest BCUT2D eigenvalue weighted by molar-refractivity contribution is -0.154. The van der Waals surface area contributed by atoms with Crippen molar-refractivity contribution in [2.45, 2.75) is 19.1 Å². The minimum absolute atomic E-state index is 0.0306. The van der Waals surface area contributed by atoms with Gasteiger partial charge >= 0.3 is 0 Å². The molecule has 2 heterocycles. The Hall–Kier alpha value is -1.46. The number of carbonyl (C=O) groups excluding carboxylic acids is 1. The average Bonchev–Trinajstić information content (AvgIpc) is 2.36. The van der Waals surface area contributed by atoms with Gasteiger partial charge in [0.1, 0.15) is 6.10 Å². The van der Waals surface area contributed by atoms with Crippen LogP contribution in [0.25, 0.3) is 0 Å². The molecule has 1 aromatic heterocycles. The van der Waals surface area contributed by atoms with E-state index in [1.54, 1.807) is 17.3 Å². The van der Waals surface area contributed by atoms with E-state index in [1.807, 2.05) is 12.1 Å². The first kappa shape index (κ1) is 12.0. The van der Waals surface area contributed by atoms with Gasteiger partial charge in [0, 0.05) is 38.5 Å². The van der Waals surface area contributed by atoms with Crippen molar-refractivity contribution in [3.05, 3.63) is 30.1 Å². The van der Waals surface area contributed by atoms with Gasteiger partial charge in [0.2, 0.25) is 0 Å². The summed E-state index contributed by atoms with van der Waals surface area (Å²) in [6.45, 7) is 1.64. The Bertz CT molecular complexity index is 367. The van der Waals surface area contributed by atoms with E-state index in [-0.39, 0.29) is 12.5 Å². The quantitative estimate of drug-likeness (QED) is 0.810. The average molecular weight is 236 g/mol. The van der Waals surface area contributed by atoms with E-state index in [9.17, 15) is 4.79 Å². The summed E-state index contributed by atoms with van der Waals surface area (Å²) in [5.74, 6) is -0.0471. The van der Waals surface area contributed by atoms with Gasteiger partial charge in [-0.3, -0.25) is 9.78 Å². The number of aliphatic hydroxyl groups is 1. The van der Waals surface area contributed by atoms with E-state index >= 15 is 0 Å². The minimum atomic E-state index is -0.495. The summed E-state index contributed by atoms with van der Waals surface area (Å²) in [7, 11) is 0. The zero-order valence-corrected chi connectivity index (χ0v) is 9.58. The second-order valence-electron chi connectivity index (χ2n) is 3.99. The molecule has 0 saturated carbocycles. The summed E-state index contributed by atoms with van der Waals surface area (Å²) < 4.78 is 5.33. The molecule has 1 aliphatic rings. The van der Waals surface area contributed by atoms with Crippen LogP contribution in [0.2, 0.25) is 0 Å². The molecule has 5 nitrogen and oxygen atoms in total. The Labute approximate surface area is 100 Å². The molecule has 0 spiro atoms. The Balaban J connectivity index is 1.98. The van der Waals surface area contributed by atoms with Gasteiger partial charge in [-0.15, -0.1) is 0 Å². The van der Waals surface area contributed by atoms with Gasteiger partial charge in [-0.05, 0) is 11.6 Å². The molecule has 1 atom stereocenters. The van der Waals surface area contributed by atoms with Crippen LogP contribution in [0.4, 0.5) is 0 Å². The van der Waals surface area contributed by atoms with Gasteiger partial charge in [0.05, 0.1) is 6.61 Å². The number of ether oxygens (including phenoxy) is 1. The zero-order chi connectivity index (χ0) is 12.1. The Morgan fingerprint density at radius 1 is 1.59 bits per heavy atom. The first-order valence-electron chi connectivity index (χ1n) is 5.71. The molecule has 5 heteroatoms. The van der Waals surface area contributed by atoms with Gasteiger partial charge < -0.3 is 14.7 Å². The lowest BCUT2D eigenvalue weighted by Gasteiger charge is -2.32. The third-order valence-electron chi connectivity index (χ3n) is 2.75. The molecule has 1 fully saturated rings. The normalized spacial score (nSPS) is 20.6. The Morgan fingerprint density at radius 3 is 3.18 bits per heavy atom.